The molecule has 1 saturated carbocycles. The van der Waals surface area contributed by atoms with Crippen LogP contribution in [-0.2, 0) is 9.53 Å². The summed E-state index contributed by atoms with van der Waals surface area (Å²) in [5, 5.41) is 18.0. The molecule has 0 aromatic heterocycles. The fraction of sp³-hybridized carbons (Fsp3) is 0.875. The number of carbonyl (C=O) groups is 1. The van der Waals surface area contributed by atoms with Gasteiger partial charge in [0.2, 0.25) is 0 Å². The quantitative estimate of drug-likeness (QED) is 0.619. The van der Waals surface area contributed by atoms with E-state index in [9.17, 15) is 9.90 Å². The van der Waals surface area contributed by atoms with Gasteiger partial charge in [-0.1, -0.05) is 6.42 Å². The predicted molar refractivity (Wildman–Crippen MR) is 41.6 cm³/mol. The molecule has 0 saturated heterocycles. The second-order valence-electron chi connectivity index (χ2n) is 3.19. The summed E-state index contributed by atoms with van der Waals surface area (Å²) in [6.45, 7) is -0.406. The molecule has 0 aromatic rings. The Bertz CT molecular complexity index is 160. The zero-order chi connectivity index (χ0) is 9.03. The Morgan fingerprint density at radius 3 is 2.42 bits per heavy atom. The molecule has 12 heavy (non-hydrogen) atoms. The van der Waals surface area contributed by atoms with Crippen LogP contribution in [0.15, 0.2) is 0 Å². The smallest absolute Gasteiger partial charge is 0.329 e. The molecular weight excluding hydrogens is 160 g/mol. The third kappa shape index (κ3) is 2.79. The van der Waals surface area contributed by atoms with Crippen molar-refractivity contribution in [3.05, 3.63) is 0 Å². The van der Waals surface area contributed by atoms with Crippen molar-refractivity contribution in [3.63, 3.8) is 0 Å². The first-order valence-corrected chi connectivity index (χ1v) is 4.20. The number of hydrogen-bond acceptors (Lipinski definition) is 3. The van der Waals surface area contributed by atoms with Gasteiger partial charge in [-0.15, -0.1) is 0 Å². The molecule has 70 valence electrons. The molecule has 0 amide bonds. The summed E-state index contributed by atoms with van der Waals surface area (Å²) < 4.78 is 4.89. The number of rotatable bonds is 3. The Morgan fingerprint density at radius 1 is 1.33 bits per heavy atom. The summed E-state index contributed by atoms with van der Waals surface area (Å²) >= 11 is 0. The van der Waals surface area contributed by atoms with Crippen molar-refractivity contribution < 1.29 is 19.7 Å². The first-order chi connectivity index (χ1) is 5.62. The number of aliphatic hydroxyl groups is 1. The van der Waals surface area contributed by atoms with Gasteiger partial charge in [0.25, 0.3) is 0 Å². The van der Waals surface area contributed by atoms with Crippen molar-refractivity contribution in [3.8, 4) is 0 Å². The molecule has 0 aromatic carbocycles. The topological polar surface area (TPSA) is 66.8 Å². The van der Waals surface area contributed by atoms with E-state index in [2.05, 4.69) is 0 Å². The Kier molecular flexibility index (Phi) is 3.05. The monoisotopic (exact) mass is 174 g/mol. The minimum absolute atomic E-state index is 0.406. The lowest BCUT2D eigenvalue weighted by Gasteiger charge is -2.31. The lowest BCUT2D eigenvalue weighted by molar-refractivity contribution is -0.223. The predicted octanol–water partition coefficient (Wildman–Crippen LogP) is 0.740. The zero-order valence-corrected chi connectivity index (χ0v) is 6.95. The van der Waals surface area contributed by atoms with Crippen LogP contribution in [0.3, 0.4) is 0 Å². The maximum Gasteiger partial charge on any atom is 0.329 e. The number of aliphatic carboxylic acids is 1. The molecule has 0 spiro atoms. The number of hydrogen-bond donors (Lipinski definition) is 2. The fourth-order valence-corrected chi connectivity index (χ4v) is 1.44. The molecule has 1 rings (SSSR count). The Hall–Kier alpha value is -0.610. The lowest BCUT2D eigenvalue weighted by Crippen LogP contribution is -2.36. The Morgan fingerprint density at radius 2 is 1.92 bits per heavy atom. The first-order valence-electron chi connectivity index (χ1n) is 4.20. The van der Waals surface area contributed by atoms with Crippen molar-refractivity contribution in [2.24, 2.45) is 0 Å². The van der Waals surface area contributed by atoms with Gasteiger partial charge >= 0.3 is 5.97 Å². The van der Waals surface area contributed by atoms with Crippen LogP contribution in [0.4, 0.5) is 0 Å². The summed E-state index contributed by atoms with van der Waals surface area (Å²) in [5.74, 6) is -2.20. The molecule has 2 N–H and O–H groups in total. The Labute approximate surface area is 71.2 Å². The average molecular weight is 174 g/mol. The van der Waals surface area contributed by atoms with Crippen LogP contribution in [-0.4, -0.2) is 28.6 Å². The maximum atomic E-state index is 10.1. The summed E-state index contributed by atoms with van der Waals surface area (Å²) in [4.78, 5) is 10.1. The van der Waals surface area contributed by atoms with Crippen LogP contribution < -0.4 is 0 Å². The standard InChI is InChI=1S/C8H14O4/c9-7(10)6-12-8(11)4-2-1-3-5-8/h11H,1-6H2,(H,9,10). The van der Waals surface area contributed by atoms with Crippen LogP contribution in [0.2, 0.25) is 0 Å². The van der Waals surface area contributed by atoms with Crippen molar-refractivity contribution in [1.29, 1.82) is 0 Å². The zero-order valence-electron chi connectivity index (χ0n) is 6.95. The number of ether oxygens (including phenoxy) is 1. The van der Waals surface area contributed by atoms with Crippen molar-refractivity contribution >= 4 is 5.97 Å². The second-order valence-corrected chi connectivity index (χ2v) is 3.19. The van der Waals surface area contributed by atoms with E-state index in [-0.39, 0.29) is 0 Å². The maximum absolute atomic E-state index is 10.1. The highest BCUT2D eigenvalue weighted by Crippen LogP contribution is 2.28. The van der Waals surface area contributed by atoms with Gasteiger partial charge < -0.3 is 14.9 Å². The normalized spacial score (nSPS) is 22.1. The largest absolute Gasteiger partial charge is 0.480 e. The van der Waals surface area contributed by atoms with Gasteiger partial charge in [-0.3, -0.25) is 0 Å². The molecule has 0 bridgehead atoms. The van der Waals surface area contributed by atoms with Gasteiger partial charge in [0, 0.05) is 12.8 Å². The molecule has 4 heteroatoms. The molecule has 0 unspecified atom stereocenters. The van der Waals surface area contributed by atoms with E-state index in [0.717, 1.165) is 19.3 Å². The van der Waals surface area contributed by atoms with E-state index in [1.165, 1.54) is 0 Å². The van der Waals surface area contributed by atoms with Crippen molar-refractivity contribution in [2.75, 3.05) is 6.61 Å². The van der Waals surface area contributed by atoms with Crippen molar-refractivity contribution in [1.82, 2.24) is 0 Å². The van der Waals surface area contributed by atoms with Gasteiger partial charge in [0.1, 0.15) is 6.61 Å². The highest BCUT2D eigenvalue weighted by molar-refractivity contribution is 5.68. The van der Waals surface area contributed by atoms with E-state index in [1.54, 1.807) is 0 Å². The van der Waals surface area contributed by atoms with Gasteiger partial charge in [-0.25, -0.2) is 4.79 Å². The van der Waals surface area contributed by atoms with Crippen LogP contribution in [0.5, 0.6) is 0 Å². The first kappa shape index (κ1) is 9.48. The summed E-state index contributed by atoms with van der Waals surface area (Å²) in [5.41, 5.74) is 0. The molecule has 1 fully saturated rings. The van der Waals surface area contributed by atoms with Crippen LogP contribution in [0.25, 0.3) is 0 Å². The summed E-state index contributed by atoms with van der Waals surface area (Å²) in [7, 11) is 0. The molecule has 1 aliphatic rings. The van der Waals surface area contributed by atoms with Gasteiger partial charge in [-0.05, 0) is 12.8 Å². The third-order valence-corrected chi connectivity index (χ3v) is 2.10. The molecule has 0 aliphatic heterocycles. The highest BCUT2D eigenvalue weighted by atomic mass is 16.6. The average Bonchev–Trinajstić information content (AvgIpc) is 2.03. The molecule has 0 heterocycles. The van der Waals surface area contributed by atoms with E-state index in [4.69, 9.17) is 9.84 Å². The molecule has 4 nitrogen and oxygen atoms in total. The van der Waals surface area contributed by atoms with Crippen LogP contribution in [0, 0.1) is 0 Å². The second kappa shape index (κ2) is 3.87. The molecule has 0 atom stereocenters. The molecule has 1 aliphatic carbocycles. The number of carboxylic acid groups (broad SMARTS) is 1. The third-order valence-electron chi connectivity index (χ3n) is 2.10. The van der Waals surface area contributed by atoms with E-state index in [0.29, 0.717) is 12.8 Å². The molecular formula is C8H14O4. The minimum Gasteiger partial charge on any atom is -0.480 e. The summed E-state index contributed by atoms with van der Waals surface area (Å²) in [6, 6.07) is 0. The van der Waals surface area contributed by atoms with E-state index in [1.807, 2.05) is 0 Å². The molecule has 0 radical (unpaired) electrons. The van der Waals surface area contributed by atoms with Gasteiger partial charge in [-0.2, -0.15) is 0 Å². The van der Waals surface area contributed by atoms with Crippen molar-refractivity contribution in [2.45, 2.75) is 37.9 Å². The Balaban J connectivity index is 2.31. The van der Waals surface area contributed by atoms with E-state index >= 15 is 0 Å². The highest BCUT2D eigenvalue weighted by Gasteiger charge is 2.30. The fourth-order valence-electron chi connectivity index (χ4n) is 1.44. The van der Waals surface area contributed by atoms with Gasteiger partial charge in [0.05, 0.1) is 0 Å². The lowest BCUT2D eigenvalue weighted by atomic mass is 9.94. The summed E-state index contributed by atoms with van der Waals surface area (Å²) in [6.07, 6.45) is 4.03. The number of carboxylic acids is 1. The van der Waals surface area contributed by atoms with Crippen LogP contribution in [0.1, 0.15) is 32.1 Å². The van der Waals surface area contributed by atoms with Gasteiger partial charge in [0.15, 0.2) is 5.79 Å². The van der Waals surface area contributed by atoms with E-state index < -0.39 is 18.4 Å². The van der Waals surface area contributed by atoms with Crippen LogP contribution >= 0.6 is 0 Å². The minimum atomic E-state index is -1.17. The SMILES string of the molecule is O=C(O)COC1(O)CCCCC1.